The van der Waals surface area contributed by atoms with E-state index in [0.717, 1.165) is 12.0 Å². The van der Waals surface area contributed by atoms with Crippen molar-refractivity contribution in [1.82, 2.24) is 9.88 Å². The molecule has 26 heavy (non-hydrogen) atoms. The van der Waals surface area contributed by atoms with Gasteiger partial charge in [0.25, 0.3) is 0 Å². The number of para-hydroxylation sites is 1. The van der Waals surface area contributed by atoms with Crippen LogP contribution in [0, 0.1) is 0 Å². The SMILES string of the molecule is CC[C@@H](C)NC(=O)C[C@@H](c1ccc(Cl)cc1)c1cn(C)c2ccccc12. The Bertz CT molecular complexity index is 898. The molecule has 0 unspecified atom stereocenters. The molecule has 4 heteroatoms. The second-order valence-electron chi connectivity index (χ2n) is 6.90. The van der Waals surface area contributed by atoms with Crippen LogP contribution in [0.15, 0.2) is 54.7 Å². The minimum atomic E-state index is -0.0116. The summed E-state index contributed by atoms with van der Waals surface area (Å²) in [4.78, 5) is 12.6. The minimum absolute atomic E-state index is 0.0116. The summed E-state index contributed by atoms with van der Waals surface area (Å²) in [6.45, 7) is 4.11. The normalized spacial score (nSPS) is 13.5. The molecule has 0 aliphatic carbocycles. The maximum atomic E-state index is 12.6. The van der Waals surface area contributed by atoms with E-state index in [9.17, 15) is 4.79 Å². The number of carbonyl (C=O) groups excluding carboxylic acids is 1. The lowest BCUT2D eigenvalue weighted by Crippen LogP contribution is -2.33. The van der Waals surface area contributed by atoms with E-state index in [2.05, 4.69) is 35.1 Å². The summed E-state index contributed by atoms with van der Waals surface area (Å²) < 4.78 is 2.13. The highest BCUT2D eigenvalue weighted by atomic mass is 35.5. The van der Waals surface area contributed by atoms with Crippen LogP contribution in [0.1, 0.15) is 43.7 Å². The number of amides is 1. The number of carbonyl (C=O) groups is 1. The van der Waals surface area contributed by atoms with Crippen LogP contribution < -0.4 is 5.32 Å². The third-order valence-electron chi connectivity index (χ3n) is 4.98. The fourth-order valence-corrected chi connectivity index (χ4v) is 3.50. The molecule has 0 aliphatic rings. The molecule has 1 aromatic heterocycles. The number of fused-ring (bicyclic) bond motifs is 1. The largest absolute Gasteiger partial charge is 0.354 e. The zero-order valence-corrected chi connectivity index (χ0v) is 16.3. The summed E-state index contributed by atoms with van der Waals surface area (Å²) in [5.41, 5.74) is 3.44. The van der Waals surface area contributed by atoms with E-state index in [4.69, 9.17) is 11.6 Å². The van der Waals surface area contributed by atoms with Crippen LogP contribution in [-0.4, -0.2) is 16.5 Å². The summed E-state index contributed by atoms with van der Waals surface area (Å²) >= 11 is 6.07. The molecule has 0 saturated heterocycles. The Hall–Kier alpha value is -2.26. The molecule has 0 spiro atoms. The van der Waals surface area contributed by atoms with Crippen molar-refractivity contribution >= 4 is 28.4 Å². The van der Waals surface area contributed by atoms with Crippen molar-refractivity contribution in [2.45, 2.75) is 38.6 Å². The third-order valence-corrected chi connectivity index (χ3v) is 5.24. The molecule has 136 valence electrons. The number of hydrogen-bond donors (Lipinski definition) is 1. The van der Waals surface area contributed by atoms with Crippen LogP contribution in [0.2, 0.25) is 5.02 Å². The molecule has 3 rings (SSSR count). The molecule has 2 aromatic carbocycles. The average Bonchev–Trinajstić information content (AvgIpc) is 2.97. The van der Waals surface area contributed by atoms with Gasteiger partial charge in [0.2, 0.25) is 5.91 Å². The summed E-state index contributed by atoms with van der Waals surface area (Å²) in [6.07, 6.45) is 3.48. The maximum Gasteiger partial charge on any atom is 0.221 e. The van der Waals surface area contributed by atoms with Gasteiger partial charge in [0.15, 0.2) is 0 Å². The average molecular weight is 369 g/mol. The summed E-state index contributed by atoms with van der Waals surface area (Å²) in [5, 5.41) is 4.98. The zero-order valence-electron chi connectivity index (χ0n) is 15.5. The van der Waals surface area contributed by atoms with Gasteiger partial charge in [-0.15, -0.1) is 0 Å². The molecule has 0 saturated carbocycles. The third kappa shape index (κ3) is 3.94. The van der Waals surface area contributed by atoms with Crippen LogP contribution in [-0.2, 0) is 11.8 Å². The van der Waals surface area contributed by atoms with Crippen molar-refractivity contribution in [2.75, 3.05) is 0 Å². The molecule has 0 bridgehead atoms. The van der Waals surface area contributed by atoms with E-state index in [0.29, 0.717) is 11.4 Å². The Kier molecular flexibility index (Phi) is 5.67. The van der Waals surface area contributed by atoms with Crippen molar-refractivity contribution in [2.24, 2.45) is 7.05 Å². The number of nitrogens with zero attached hydrogens (tertiary/aromatic N) is 1. The quantitative estimate of drug-likeness (QED) is 0.632. The maximum absolute atomic E-state index is 12.6. The van der Waals surface area contributed by atoms with E-state index >= 15 is 0 Å². The van der Waals surface area contributed by atoms with Crippen LogP contribution >= 0.6 is 11.6 Å². The summed E-state index contributed by atoms with van der Waals surface area (Å²) in [7, 11) is 2.05. The number of nitrogens with one attached hydrogen (secondary N) is 1. The Labute approximate surface area is 160 Å². The van der Waals surface area contributed by atoms with E-state index in [1.54, 1.807) is 0 Å². The molecule has 1 N–H and O–H groups in total. The van der Waals surface area contributed by atoms with Crippen LogP contribution in [0.4, 0.5) is 0 Å². The molecule has 0 fully saturated rings. The topological polar surface area (TPSA) is 34.0 Å². The Balaban J connectivity index is 2.02. The van der Waals surface area contributed by atoms with Crippen LogP contribution in [0.25, 0.3) is 10.9 Å². The highest BCUT2D eigenvalue weighted by molar-refractivity contribution is 6.30. The van der Waals surface area contributed by atoms with Crippen molar-refractivity contribution in [3.63, 3.8) is 0 Å². The lowest BCUT2D eigenvalue weighted by atomic mass is 9.88. The molecular formula is C22H25ClN2O. The fraction of sp³-hybridized carbons (Fsp3) is 0.318. The highest BCUT2D eigenvalue weighted by Gasteiger charge is 2.22. The number of aromatic nitrogens is 1. The molecule has 0 aliphatic heterocycles. The first-order valence-corrected chi connectivity index (χ1v) is 9.46. The van der Waals surface area contributed by atoms with Crippen molar-refractivity contribution < 1.29 is 4.79 Å². The van der Waals surface area contributed by atoms with Gasteiger partial charge in [-0.2, -0.15) is 0 Å². The van der Waals surface area contributed by atoms with Gasteiger partial charge in [-0.1, -0.05) is 48.9 Å². The van der Waals surface area contributed by atoms with Gasteiger partial charge in [-0.05, 0) is 42.7 Å². The number of hydrogen-bond acceptors (Lipinski definition) is 1. The first kappa shape index (κ1) is 18.5. The van der Waals surface area contributed by atoms with Crippen LogP contribution in [0.3, 0.4) is 0 Å². The molecular weight excluding hydrogens is 344 g/mol. The van der Waals surface area contributed by atoms with Gasteiger partial charge in [0.1, 0.15) is 0 Å². The molecule has 0 radical (unpaired) electrons. The summed E-state index contributed by atoms with van der Waals surface area (Å²) in [5.74, 6) is 0.0645. The van der Waals surface area contributed by atoms with Gasteiger partial charge in [-0.3, -0.25) is 4.79 Å². The van der Waals surface area contributed by atoms with Gasteiger partial charge >= 0.3 is 0 Å². The second-order valence-corrected chi connectivity index (χ2v) is 7.33. The van der Waals surface area contributed by atoms with Crippen molar-refractivity contribution in [3.05, 3.63) is 70.9 Å². The number of aryl methyl sites for hydroxylation is 1. The van der Waals surface area contributed by atoms with Crippen molar-refractivity contribution in [3.8, 4) is 0 Å². The predicted molar refractivity (Wildman–Crippen MR) is 109 cm³/mol. The van der Waals surface area contributed by atoms with Gasteiger partial charge in [0.05, 0.1) is 0 Å². The highest BCUT2D eigenvalue weighted by Crippen LogP contribution is 2.34. The first-order valence-electron chi connectivity index (χ1n) is 9.08. The Morgan fingerprint density at radius 1 is 1.15 bits per heavy atom. The Morgan fingerprint density at radius 3 is 2.54 bits per heavy atom. The van der Waals surface area contributed by atoms with Gasteiger partial charge in [0, 0.05) is 47.6 Å². The Morgan fingerprint density at radius 2 is 1.85 bits per heavy atom. The monoisotopic (exact) mass is 368 g/mol. The molecule has 1 amide bonds. The number of rotatable bonds is 6. The standard InChI is InChI=1S/C22H25ClN2O/c1-4-15(2)24-22(26)13-19(16-9-11-17(23)12-10-16)20-14-25(3)21-8-6-5-7-18(20)21/h5-12,14-15,19H,4,13H2,1-3H3,(H,24,26)/t15-,19+/m1/s1. The number of halogens is 1. The van der Waals surface area contributed by atoms with Crippen LogP contribution in [0.5, 0.6) is 0 Å². The predicted octanol–water partition coefficient (Wildman–Crippen LogP) is 5.27. The zero-order chi connectivity index (χ0) is 18.7. The number of benzene rings is 2. The van der Waals surface area contributed by atoms with E-state index < -0.39 is 0 Å². The second kappa shape index (κ2) is 7.96. The first-order chi connectivity index (χ1) is 12.5. The van der Waals surface area contributed by atoms with Gasteiger partial charge < -0.3 is 9.88 Å². The smallest absolute Gasteiger partial charge is 0.221 e. The lowest BCUT2D eigenvalue weighted by molar-refractivity contribution is -0.121. The molecule has 3 aromatic rings. The van der Waals surface area contributed by atoms with E-state index in [-0.39, 0.29) is 17.9 Å². The fourth-order valence-electron chi connectivity index (χ4n) is 3.37. The molecule has 3 nitrogen and oxygen atoms in total. The van der Waals surface area contributed by atoms with Gasteiger partial charge in [-0.25, -0.2) is 0 Å². The minimum Gasteiger partial charge on any atom is -0.354 e. The molecule has 1 heterocycles. The van der Waals surface area contributed by atoms with E-state index in [1.165, 1.54) is 16.5 Å². The summed E-state index contributed by atoms with van der Waals surface area (Å²) in [6, 6.07) is 16.3. The molecule has 2 atom stereocenters. The van der Waals surface area contributed by atoms with Crippen molar-refractivity contribution in [1.29, 1.82) is 0 Å². The lowest BCUT2D eigenvalue weighted by Gasteiger charge is -2.19. The van der Waals surface area contributed by atoms with E-state index in [1.807, 2.05) is 50.4 Å².